The second-order valence-corrected chi connectivity index (χ2v) is 23.5. The smallest absolute Gasteiger partial charge is 0.0791 e. The molecule has 0 N–H and O–H groups in total. The summed E-state index contributed by atoms with van der Waals surface area (Å²) in [6, 6.07) is 30.4. The maximum Gasteiger partial charge on any atom is 0.0791 e. The molecule has 0 amide bonds. The molecular formula is C24H30N2Si2. The van der Waals surface area contributed by atoms with Crippen LogP contribution in [-0.2, 0) is 0 Å². The first-order chi connectivity index (χ1) is 13.3. The molecule has 0 aliphatic rings. The molecule has 2 nitrogen and oxygen atoms in total. The minimum Gasteiger partial charge on any atom is -0.269 e. The molecule has 0 spiro atoms. The van der Waals surface area contributed by atoms with Crippen molar-refractivity contribution >= 4 is 37.5 Å². The standard InChI is InChI=1S/C24H30N2Si2/c1-26(22-12-8-6-9-13-22)25-20-21-16-18-24(19-17-21)28(4,5)27(2,3)23-14-10-7-11-15-23/h6-20H,1-5H3/b25-20+. The van der Waals surface area contributed by atoms with Crippen LogP contribution in [0, 0.1) is 0 Å². The largest absolute Gasteiger partial charge is 0.269 e. The zero-order valence-corrected chi connectivity index (χ0v) is 19.6. The van der Waals surface area contributed by atoms with E-state index in [2.05, 4.69) is 98.0 Å². The maximum absolute atomic E-state index is 4.58. The van der Waals surface area contributed by atoms with Crippen molar-refractivity contribution in [2.75, 3.05) is 12.1 Å². The van der Waals surface area contributed by atoms with Gasteiger partial charge in [-0.3, -0.25) is 5.01 Å². The first-order valence-electron chi connectivity index (χ1n) is 9.81. The molecule has 0 fully saturated rings. The highest BCUT2D eigenvalue weighted by Crippen LogP contribution is 2.20. The van der Waals surface area contributed by atoms with E-state index in [0.29, 0.717) is 0 Å². The van der Waals surface area contributed by atoms with Crippen molar-refractivity contribution in [1.29, 1.82) is 0 Å². The lowest BCUT2D eigenvalue weighted by Gasteiger charge is -2.39. The van der Waals surface area contributed by atoms with Gasteiger partial charge in [-0.2, -0.15) is 5.10 Å². The van der Waals surface area contributed by atoms with E-state index in [1.807, 2.05) is 36.5 Å². The van der Waals surface area contributed by atoms with Crippen molar-refractivity contribution < 1.29 is 0 Å². The summed E-state index contributed by atoms with van der Waals surface area (Å²) in [6.07, 6.45) is 1.94. The van der Waals surface area contributed by atoms with Gasteiger partial charge in [0.05, 0.1) is 27.1 Å². The molecule has 3 aromatic rings. The van der Waals surface area contributed by atoms with Crippen molar-refractivity contribution in [1.82, 2.24) is 0 Å². The van der Waals surface area contributed by atoms with Gasteiger partial charge in [-0.15, -0.1) is 0 Å². The number of hydrazone groups is 1. The zero-order valence-electron chi connectivity index (χ0n) is 17.6. The number of nitrogens with zero attached hydrogens (tertiary/aromatic N) is 2. The van der Waals surface area contributed by atoms with Gasteiger partial charge in [0.25, 0.3) is 0 Å². The van der Waals surface area contributed by atoms with Gasteiger partial charge in [0.1, 0.15) is 0 Å². The molecule has 144 valence electrons. The third kappa shape index (κ3) is 4.18. The Morgan fingerprint density at radius 1 is 0.643 bits per heavy atom. The summed E-state index contributed by atoms with van der Waals surface area (Å²) in [5.41, 5.74) is 2.22. The molecule has 0 saturated carbocycles. The summed E-state index contributed by atoms with van der Waals surface area (Å²) < 4.78 is 0. The lowest BCUT2D eigenvalue weighted by Crippen LogP contribution is -2.69. The van der Waals surface area contributed by atoms with Crippen molar-refractivity contribution in [3.8, 4) is 0 Å². The average Bonchev–Trinajstić information content (AvgIpc) is 2.73. The number of para-hydroxylation sites is 1. The third-order valence-electron chi connectivity index (χ3n) is 6.20. The van der Waals surface area contributed by atoms with Crippen molar-refractivity contribution in [2.24, 2.45) is 5.10 Å². The molecule has 0 heterocycles. The molecule has 0 aliphatic carbocycles. The molecule has 0 atom stereocenters. The molecular weight excluding hydrogens is 372 g/mol. The molecule has 3 aromatic carbocycles. The van der Waals surface area contributed by atoms with Gasteiger partial charge >= 0.3 is 0 Å². The Morgan fingerprint density at radius 3 is 1.64 bits per heavy atom. The number of hydrogen-bond donors (Lipinski definition) is 0. The van der Waals surface area contributed by atoms with E-state index >= 15 is 0 Å². The highest BCUT2D eigenvalue weighted by molar-refractivity contribution is 7.49. The van der Waals surface area contributed by atoms with Crippen LogP contribution in [0.1, 0.15) is 5.56 Å². The maximum atomic E-state index is 4.58. The zero-order chi connectivity index (χ0) is 20.2. The van der Waals surface area contributed by atoms with E-state index in [-0.39, 0.29) is 0 Å². The molecule has 4 heteroatoms. The Bertz CT molecular complexity index is 918. The van der Waals surface area contributed by atoms with Crippen LogP contribution < -0.4 is 15.4 Å². The van der Waals surface area contributed by atoms with Gasteiger partial charge in [0.15, 0.2) is 0 Å². The van der Waals surface area contributed by atoms with E-state index in [0.717, 1.165) is 11.3 Å². The molecule has 0 aliphatic heterocycles. The summed E-state index contributed by atoms with van der Waals surface area (Å²) in [5, 5.41) is 9.57. The van der Waals surface area contributed by atoms with Crippen LogP contribution in [0.2, 0.25) is 26.2 Å². The third-order valence-corrected chi connectivity index (χ3v) is 24.0. The first-order valence-corrected chi connectivity index (χ1v) is 16.8. The lowest BCUT2D eigenvalue weighted by molar-refractivity contribution is 1.02. The minimum atomic E-state index is -1.58. The quantitative estimate of drug-likeness (QED) is 0.329. The summed E-state index contributed by atoms with van der Waals surface area (Å²) in [7, 11) is -1.16. The molecule has 0 bridgehead atoms. The average molecular weight is 403 g/mol. The predicted molar refractivity (Wildman–Crippen MR) is 130 cm³/mol. The lowest BCUT2D eigenvalue weighted by atomic mass is 10.2. The number of rotatable bonds is 6. The summed E-state index contributed by atoms with van der Waals surface area (Å²) in [5.74, 6) is 0. The Balaban J connectivity index is 1.79. The summed E-state index contributed by atoms with van der Waals surface area (Å²) in [4.78, 5) is 0. The Kier molecular flexibility index (Phi) is 6.01. The molecule has 0 unspecified atom stereocenters. The van der Waals surface area contributed by atoms with Gasteiger partial charge in [-0.1, -0.05) is 109 Å². The minimum absolute atomic E-state index is 1.08. The summed E-state index contributed by atoms with van der Waals surface area (Å²) >= 11 is 0. The van der Waals surface area contributed by atoms with Crippen molar-refractivity contribution in [2.45, 2.75) is 26.2 Å². The SMILES string of the molecule is CN(/N=C/c1ccc([Si](C)(C)[Si](C)(C)c2ccccc2)cc1)c1ccccc1. The fourth-order valence-electron chi connectivity index (χ4n) is 3.43. The van der Waals surface area contributed by atoms with Gasteiger partial charge in [0, 0.05) is 7.05 Å². The highest BCUT2D eigenvalue weighted by Gasteiger charge is 2.43. The van der Waals surface area contributed by atoms with Gasteiger partial charge in [0.2, 0.25) is 0 Å². The molecule has 28 heavy (non-hydrogen) atoms. The highest BCUT2D eigenvalue weighted by atomic mass is 29.3. The number of hydrogen-bond acceptors (Lipinski definition) is 2. The van der Waals surface area contributed by atoms with E-state index in [4.69, 9.17) is 0 Å². The predicted octanol–water partition coefficient (Wildman–Crippen LogP) is 4.77. The van der Waals surface area contributed by atoms with Crippen molar-refractivity contribution in [3.05, 3.63) is 90.5 Å². The number of anilines is 1. The Labute approximate surface area is 171 Å². The molecule has 3 rings (SSSR count). The molecule has 0 aromatic heterocycles. The van der Waals surface area contributed by atoms with Crippen LogP contribution in [0.15, 0.2) is 90.0 Å². The molecule has 0 saturated heterocycles. The monoisotopic (exact) mass is 402 g/mol. The van der Waals surface area contributed by atoms with Gasteiger partial charge in [-0.05, 0) is 17.7 Å². The Hall–Kier alpha value is -2.44. The van der Waals surface area contributed by atoms with Gasteiger partial charge < -0.3 is 0 Å². The van der Waals surface area contributed by atoms with E-state index in [9.17, 15) is 0 Å². The summed E-state index contributed by atoms with van der Waals surface area (Å²) in [6.45, 7) is 10.1. The van der Waals surface area contributed by atoms with Crippen LogP contribution in [0.4, 0.5) is 5.69 Å². The van der Waals surface area contributed by atoms with Crippen LogP contribution in [0.3, 0.4) is 0 Å². The van der Waals surface area contributed by atoms with Crippen LogP contribution >= 0.6 is 0 Å². The first kappa shape index (κ1) is 20.3. The van der Waals surface area contributed by atoms with E-state index in [1.54, 1.807) is 5.19 Å². The van der Waals surface area contributed by atoms with Crippen LogP contribution in [-0.4, -0.2) is 28.4 Å². The second kappa shape index (κ2) is 8.29. The van der Waals surface area contributed by atoms with Gasteiger partial charge in [-0.25, -0.2) is 0 Å². The fraction of sp³-hybridized carbons (Fsp3) is 0.208. The fourth-order valence-corrected chi connectivity index (χ4v) is 12.2. The molecule has 0 radical (unpaired) electrons. The van der Waals surface area contributed by atoms with E-state index in [1.165, 1.54) is 5.19 Å². The number of benzene rings is 3. The van der Waals surface area contributed by atoms with Crippen LogP contribution in [0.25, 0.3) is 0 Å². The topological polar surface area (TPSA) is 15.6 Å². The van der Waals surface area contributed by atoms with Crippen LogP contribution in [0.5, 0.6) is 0 Å². The normalized spacial score (nSPS) is 12.3. The van der Waals surface area contributed by atoms with Crippen molar-refractivity contribution in [3.63, 3.8) is 0 Å². The van der Waals surface area contributed by atoms with E-state index < -0.39 is 15.2 Å². The Morgan fingerprint density at radius 2 is 1.11 bits per heavy atom. The second-order valence-electron chi connectivity index (χ2n) is 8.34.